The first kappa shape index (κ1) is 12.9. The van der Waals surface area contributed by atoms with E-state index in [1.54, 1.807) is 12.3 Å². The van der Waals surface area contributed by atoms with Gasteiger partial charge in [0.15, 0.2) is 5.78 Å². The lowest BCUT2D eigenvalue weighted by Gasteiger charge is -2.06. The fourth-order valence-electron chi connectivity index (χ4n) is 1.32. The SMILES string of the molecule is CS/C(=C\C(=O)c1cccs1)Nc1ccccn1. The number of hydrogen-bond acceptors (Lipinski definition) is 5. The van der Waals surface area contributed by atoms with Crippen LogP contribution < -0.4 is 5.32 Å². The van der Waals surface area contributed by atoms with Crippen molar-refractivity contribution in [2.75, 3.05) is 11.6 Å². The molecule has 0 amide bonds. The van der Waals surface area contributed by atoms with Crippen LogP contribution in [0.25, 0.3) is 0 Å². The Morgan fingerprint density at radius 1 is 1.39 bits per heavy atom. The highest BCUT2D eigenvalue weighted by Crippen LogP contribution is 2.17. The van der Waals surface area contributed by atoms with E-state index in [1.807, 2.05) is 42.0 Å². The van der Waals surface area contributed by atoms with Crippen LogP contribution in [0.4, 0.5) is 5.82 Å². The Bertz CT molecular complexity index is 535. The number of hydrogen-bond donors (Lipinski definition) is 1. The smallest absolute Gasteiger partial charge is 0.198 e. The van der Waals surface area contributed by atoms with Crippen molar-refractivity contribution in [1.82, 2.24) is 4.98 Å². The lowest BCUT2D eigenvalue weighted by Crippen LogP contribution is -2.01. The van der Waals surface area contributed by atoms with Gasteiger partial charge >= 0.3 is 0 Å². The molecule has 0 aliphatic heterocycles. The molecule has 18 heavy (non-hydrogen) atoms. The zero-order valence-electron chi connectivity index (χ0n) is 9.79. The quantitative estimate of drug-likeness (QED) is 0.668. The summed E-state index contributed by atoms with van der Waals surface area (Å²) in [5.74, 6) is 0.745. The summed E-state index contributed by atoms with van der Waals surface area (Å²) in [6.45, 7) is 0. The summed E-state index contributed by atoms with van der Waals surface area (Å²) in [5.41, 5.74) is 0. The molecular weight excluding hydrogens is 264 g/mol. The number of nitrogens with zero attached hydrogens (tertiary/aromatic N) is 1. The van der Waals surface area contributed by atoms with Gasteiger partial charge in [0.25, 0.3) is 0 Å². The molecule has 92 valence electrons. The summed E-state index contributed by atoms with van der Waals surface area (Å²) < 4.78 is 0. The molecule has 5 heteroatoms. The lowest BCUT2D eigenvalue weighted by molar-refractivity contribution is 0.105. The normalized spacial score (nSPS) is 11.3. The lowest BCUT2D eigenvalue weighted by atomic mass is 10.3. The number of thioether (sulfide) groups is 1. The molecule has 0 saturated heterocycles. The number of carbonyl (C=O) groups is 1. The van der Waals surface area contributed by atoms with E-state index in [1.165, 1.54) is 23.1 Å². The van der Waals surface area contributed by atoms with Crippen LogP contribution in [-0.4, -0.2) is 17.0 Å². The van der Waals surface area contributed by atoms with E-state index < -0.39 is 0 Å². The van der Waals surface area contributed by atoms with Gasteiger partial charge in [-0.05, 0) is 29.8 Å². The molecule has 0 atom stereocenters. The zero-order valence-corrected chi connectivity index (χ0v) is 11.4. The fourth-order valence-corrected chi connectivity index (χ4v) is 2.39. The van der Waals surface area contributed by atoms with Crippen molar-refractivity contribution in [3.8, 4) is 0 Å². The van der Waals surface area contributed by atoms with Crippen LogP contribution in [0.2, 0.25) is 0 Å². The minimum Gasteiger partial charge on any atom is -0.335 e. The Morgan fingerprint density at radius 2 is 2.28 bits per heavy atom. The molecule has 0 radical (unpaired) electrons. The van der Waals surface area contributed by atoms with E-state index in [-0.39, 0.29) is 5.78 Å². The standard InChI is InChI=1S/C13H12N2OS2/c1-17-13(15-12-6-2-3-7-14-12)9-10(16)11-5-4-8-18-11/h2-9H,1H3,(H,14,15)/b13-9-. The number of rotatable bonds is 5. The van der Waals surface area contributed by atoms with Crippen LogP contribution in [0.5, 0.6) is 0 Å². The minimum atomic E-state index is 0.0118. The molecule has 2 rings (SSSR count). The van der Waals surface area contributed by atoms with E-state index in [2.05, 4.69) is 10.3 Å². The van der Waals surface area contributed by atoms with Crippen LogP contribution in [0, 0.1) is 0 Å². The monoisotopic (exact) mass is 276 g/mol. The topological polar surface area (TPSA) is 42.0 Å². The number of thiophene rings is 1. The van der Waals surface area contributed by atoms with Gasteiger partial charge in [-0.1, -0.05) is 12.1 Å². The number of pyridine rings is 1. The van der Waals surface area contributed by atoms with E-state index in [4.69, 9.17) is 0 Å². The third kappa shape index (κ3) is 3.45. The van der Waals surface area contributed by atoms with Crippen molar-refractivity contribution in [2.45, 2.75) is 0 Å². The molecule has 2 aromatic heterocycles. The molecule has 2 heterocycles. The third-order valence-corrected chi connectivity index (χ3v) is 3.71. The van der Waals surface area contributed by atoms with Crippen molar-refractivity contribution >= 4 is 34.7 Å². The van der Waals surface area contributed by atoms with E-state index >= 15 is 0 Å². The van der Waals surface area contributed by atoms with Gasteiger partial charge in [-0.3, -0.25) is 4.79 Å². The van der Waals surface area contributed by atoms with Crippen molar-refractivity contribution in [3.05, 3.63) is 57.9 Å². The molecule has 0 saturated carbocycles. The van der Waals surface area contributed by atoms with Gasteiger partial charge in [0, 0.05) is 12.3 Å². The fraction of sp³-hybridized carbons (Fsp3) is 0.0769. The number of carbonyl (C=O) groups excluding carboxylic acids is 1. The van der Waals surface area contributed by atoms with Crippen molar-refractivity contribution in [2.24, 2.45) is 0 Å². The average Bonchev–Trinajstić information content (AvgIpc) is 2.93. The molecule has 0 unspecified atom stereocenters. The molecule has 2 aromatic rings. The first-order valence-corrected chi connectivity index (χ1v) is 7.41. The van der Waals surface area contributed by atoms with Gasteiger partial charge in [0.2, 0.25) is 0 Å². The zero-order chi connectivity index (χ0) is 12.8. The maximum atomic E-state index is 11.9. The average molecular weight is 276 g/mol. The summed E-state index contributed by atoms with van der Waals surface area (Å²) >= 11 is 2.93. The second-order valence-corrected chi connectivity index (χ2v) is 5.19. The number of allylic oxidation sites excluding steroid dienone is 1. The van der Waals surface area contributed by atoms with Crippen molar-refractivity contribution in [3.63, 3.8) is 0 Å². The number of aromatic nitrogens is 1. The summed E-state index contributed by atoms with van der Waals surface area (Å²) in [6, 6.07) is 9.30. The third-order valence-electron chi connectivity index (χ3n) is 2.16. The van der Waals surface area contributed by atoms with Crippen LogP contribution >= 0.6 is 23.1 Å². The Morgan fingerprint density at radius 3 is 2.89 bits per heavy atom. The van der Waals surface area contributed by atoms with Gasteiger partial charge in [0.05, 0.1) is 9.91 Å². The first-order chi connectivity index (χ1) is 8.79. The van der Waals surface area contributed by atoms with Gasteiger partial charge in [0.1, 0.15) is 5.82 Å². The molecule has 0 aliphatic rings. The Kier molecular flexibility index (Phi) is 4.55. The van der Waals surface area contributed by atoms with E-state index in [9.17, 15) is 4.79 Å². The molecule has 0 aliphatic carbocycles. The molecule has 0 fully saturated rings. The highest BCUT2D eigenvalue weighted by Gasteiger charge is 2.06. The summed E-state index contributed by atoms with van der Waals surface area (Å²) in [7, 11) is 0. The Hall–Kier alpha value is -1.59. The van der Waals surface area contributed by atoms with Crippen molar-refractivity contribution < 1.29 is 4.79 Å². The minimum absolute atomic E-state index is 0.0118. The van der Waals surface area contributed by atoms with Gasteiger partial charge in [-0.25, -0.2) is 4.98 Å². The predicted octanol–water partition coefficient (Wildman–Crippen LogP) is 3.64. The van der Waals surface area contributed by atoms with Gasteiger partial charge in [-0.2, -0.15) is 0 Å². The second kappa shape index (κ2) is 6.37. The largest absolute Gasteiger partial charge is 0.335 e. The number of anilines is 1. The molecule has 0 bridgehead atoms. The van der Waals surface area contributed by atoms with E-state index in [0.717, 1.165) is 15.7 Å². The van der Waals surface area contributed by atoms with Crippen LogP contribution in [0.3, 0.4) is 0 Å². The van der Waals surface area contributed by atoms with Gasteiger partial charge < -0.3 is 5.32 Å². The highest BCUT2D eigenvalue weighted by molar-refractivity contribution is 8.02. The van der Waals surface area contributed by atoms with Crippen LogP contribution in [-0.2, 0) is 0 Å². The van der Waals surface area contributed by atoms with Gasteiger partial charge in [-0.15, -0.1) is 23.1 Å². The molecule has 0 aromatic carbocycles. The maximum Gasteiger partial charge on any atom is 0.198 e. The van der Waals surface area contributed by atoms with Crippen LogP contribution in [0.1, 0.15) is 9.67 Å². The molecule has 1 N–H and O–H groups in total. The van der Waals surface area contributed by atoms with Crippen molar-refractivity contribution in [1.29, 1.82) is 0 Å². The number of nitrogens with one attached hydrogen (secondary N) is 1. The first-order valence-electron chi connectivity index (χ1n) is 5.31. The second-order valence-electron chi connectivity index (χ2n) is 3.39. The summed E-state index contributed by atoms with van der Waals surface area (Å²) in [6.07, 6.45) is 5.23. The highest BCUT2D eigenvalue weighted by atomic mass is 32.2. The summed E-state index contributed by atoms with van der Waals surface area (Å²) in [5, 5.41) is 5.80. The number of ketones is 1. The van der Waals surface area contributed by atoms with Crippen LogP contribution in [0.15, 0.2) is 53.0 Å². The maximum absolute atomic E-state index is 11.9. The predicted molar refractivity (Wildman–Crippen MR) is 78.1 cm³/mol. The molecule has 0 spiro atoms. The summed E-state index contributed by atoms with van der Waals surface area (Å²) in [4.78, 5) is 16.8. The molecule has 3 nitrogen and oxygen atoms in total. The molecular formula is C13H12N2OS2. The van der Waals surface area contributed by atoms with E-state index in [0.29, 0.717) is 0 Å². The Labute approximate surface area is 114 Å². The Balaban J connectivity index is 2.11.